The number of pyridine rings is 1. The third kappa shape index (κ3) is 5.74. The maximum Gasteiger partial charge on any atom is 0.408 e. The number of fused-ring (bicyclic) bond motifs is 1. The number of amides is 1. The molecule has 3 aromatic rings. The van der Waals surface area contributed by atoms with E-state index in [1.165, 1.54) is 12.1 Å². The largest absolute Gasteiger partial charge is 0.474 e. The first-order chi connectivity index (χ1) is 16.4. The van der Waals surface area contributed by atoms with Crippen LogP contribution in [0.25, 0.3) is 11.3 Å². The van der Waals surface area contributed by atoms with Crippen LogP contribution in [0.4, 0.5) is 9.18 Å². The van der Waals surface area contributed by atoms with E-state index in [0.29, 0.717) is 23.4 Å². The number of hydrogen-bond acceptors (Lipinski definition) is 5. The van der Waals surface area contributed by atoms with Gasteiger partial charge in [-0.25, -0.2) is 14.2 Å². The summed E-state index contributed by atoms with van der Waals surface area (Å²) in [6.07, 6.45) is -0.365. The lowest BCUT2D eigenvalue weighted by atomic mass is 9.93. The quantitative estimate of drug-likeness (QED) is 0.477. The van der Waals surface area contributed by atoms with E-state index >= 15 is 0 Å². The smallest absolute Gasteiger partial charge is 0.408 e. The third-order valence-electron chi connectivity index (χ3n) is 6.56. The number of hydrogen-bond donors (Lipinski definition) is 2. The first-order valence-electron chi connectivity index (χ1n) is 11.5. The normalized spacial score (nSPS) is 20.4. The molecule has 1 aromatic heterocycles. The Labute approximate surface area is 210 Å². The molecule has 184 valence electrons. The fourth-order valence-corrected chi connectivity index (χ4v) is 4.46. The number of rotatable bonds is 7. The van der Waals surface area contributed by atoms with E-state index < -0.39 is 11.6 Å². The van der Waals surface area contributed by atoms with E-state index in [2.05, 4.69) is 10.6 Å². The van der Waals surface area contributed by atoms with Gasteiger partial charge in [0.05, 0.1) is 11.2 Å². The Kier molecular flexibility index (Phi) is 7.28. The minimum Gasteiger partial charge on any atom is -0.474 e. The van der Waals surface area contributed by atoms with E-state index in [0.717, 1.165) is 29.8 Å². The van der Waals surface area contributed by atoms with Gasteiger partial charge in [-0.1, -0.05) is 30.3 Å². The summed E-state index contributed by atoms with van der Waals surface area (Å²) in [5.41, 5.74) is 2.40. The van der Waals surface area contributed by atoms with Gasteiger partial charge in [0.2, 0.25) is 5.88 Å². The van der Waals surface area contributed by atoms with Crippen LogP contribution < -0.4 is 15.4 Å². The number of nitrogens with one attached hydrogen (secondary N) is 2. The van der Waals surface area contributed by atoms with Crippen molar-refractivity contribution in [3.05, 3.63) is 83.7 Å². The molecular weight excluding hydrogens is 469 g/mol. The van der Waals surface area contributed by atoms with Gasteiger partial charge in [-0.05, 0) is 55.3 Å². The predicted octanol–water partition coefficient (Wildman–Crippen LogP) is 5.07. The summed E-state index contributed by atoms with van der Waals surface area (Å²) in [4.78, 5) is 17.3. The number of piperidine rings is 1. The monoisotopic (exact) mass is 497 g/mol. The van der Waals surface area contributed by atoms with Crippen LogP contribution in [0.3, 0.4) is 0 Å². The molecule has 5 rings (SSSR count). The molecule has 0 bridgehead atoms. The molecule has 6 nitrogen and oxygen atoms in total. The van der Waals surface area contributed by atoms with Crippen LogP contribution >= 0.6 is 12.4 Å². The fourth-order valence-electron chi connectivity index (χ4n) is 4.46. The van der Waals surface area contributed by atoms with Gasteiger partial charge in [0.1, 0.15) is 18.5 Å². The number of alkyl carbamates (subject to hydrolysis) is 1. The molecule has 0 spiro atoms. The molecule has 1 aliphatic carbocycles. The molecule has 1 unspecified atom stereocenters. The highest BCUT2D eigenvalue weighted by Gasteiger charge is 2.55. The topological polar surface area (TPSA) is 72.5 Å². The average molecular weight is 498 g/mol. The Bertz CT molecular complexity index is 1160. The number of aromatic nitrogens is 1. The third-order valence-corrected chi connectivity index (χ3v) is 6.56. The van der Waals surface area contributed by atoms with Crippen molar-refractivity contribution in [1.29, 1.82) is 0 Å². The van der Waals surface area contributed by atoms with Crippen LogP contribution in [-0.4, -0.2) is 30.3 Å². The number of ether oxygens (including phenoxy) is 2. The first kappa shape index (κ1) is 24.9. The van der Waals surface area contributed by atoms with E-state index in [1.807, 2.05) is 56.3 Å². The number of carbonyl (C=O) groups excluding carboxylic acids is 1. The molecule has 2 aliphatic rings. The lowest BCUT2D eigenvalue weighted by molar-refractivity contribution is 0.129. The lowest BCUT2D eigenvalue weighted by Crippen LogP contribution is -2.41. The van der Waals surface area contributed by atoms with Crippen LogP contribution in [0.15, 0.2) is 66.7 Å². The molecule has 0 radical (unpaired) electrons. The minimum atomic E-state index is -0.759. The second-order valence-electron chi connectivity index (χ2n) is 9.47. The number of halogens is 2. The van der Waals surface area contributed by atoms with Gasteiger partial charge in [0.15, 0.2) is 0 Å². The van der Waals surface area contributed by atoms with E-state index in [-0.39, 0.29) is 30.9 Å². The molecule has 3 atom stereocenters. The zero-order valence-electron chi connectivity index (χ0n) is 19.7. The maximum atomic E-state index is 13.5. The SMILES string of the molecule is CC(C)(NC(=O)OCc1ccccc1)c1cc(OC2[C@H]3CNC[C@@H]23)nc(-c2ccc(F)cc2)c1.Cl. The van der Waals surface area contributed by atoms with Crippen molar-refractivity contribution in [2.45, 2.75) is 32.1 Å². The predicted molar refractivity (Wildman–Crippen MR) is 134 cm³/mol. The minimum absolute atomic E-state index is 0. The van der Waals surface area contributed by atoms with Gasteiger partial charge in [0, 0.05) is 36.6 Å². The maximum absolute atomic E-state index is 13.5. The van der Waals surface area contributed by atoms with Crippen LogP contribution in [-0.2, 0) is 16.9 Å². The molecule has 8 heteroatoms. The van der Waals surface area contributed by atoms with Crippen molar-refractivity contribution in [3.63, 3.8) is 0 Å². The van der Waals surface area contributed by atoms with Crippen molar-refractivity contribution >= 4 is 18.5 Å². The van der Waals surface area contributed by atoms with Gasteiger partial charge in [-0.3, -0.25) is 0 Å². The van der Waals surface area contributed by atoms with Crippen LogP contribution in [0.2, 0.25) is 0 Å². The van der Waals surface area contributed by atoms with Gasteiger partial charge in [-0.2, -0.15) is 0 Å². The van der Waals surface area contributed by atoms with Crippen LogP contribution in [0.5, 0.6) is 5.88 Å². The van der Waals surface area contributed by atoms with Crippen molar-refractivity contribution in [2.24, 2.45) is 11.8 Å². The van der Waals surface area contributed by atoms with Crippen LogP contribution in [0, 0.1) is 17.7 Å². The second-order valence-corrected chi connectivity index (χ2v) is 9.47. The lowest BCUT2D eigenvalue weighted by Gasteiger charge is -2.27. The summed E-state index contributed by atoms with van der Waals surface area (Å²) in [7, 11) is 0. The van der Waals surface area contributed by atoms with Crippen molar-refractivity contribution in [3.8, 4) is 17.1 Å². The molecule has 1 saturated heterocycles. The highest BCUT2D eigenvalue weighted by atomic mass is 35.5. The molecule has 2 heterocycles. The summed E-state index contributed by atoms with van der Waals surface area (Å²) < 4.78 is 25.2. The van der Waals surface area contributed by atoms with Crippen molar-refractivity contribution in [2.75, 3.05) is 13.1 Å². The Morgan fingerprint density at radius 2 is 1.77 bits per heavy atom. The molecule has 1 saturated carbocycles. The van der Waals surface area contributed by atoms with Crippen molar-refractivity contribution < 1.29 is 18.7 Å². The summed E-state index contributed by atoms with van der Waals surface area (Å²) >= 11 is 0. The Hall–Kier alpha value is -3.16. The number of benzene rings is 2. The van der Waals surface area contributed by atoms with Crippen LogP contribution in [0.1, 0.15) is 25.0 Å². The van der Waals surface area contributed by atoms with Gasteiger partial charge in [-0.15, -0.1) is 12.4 Å². The molecule has 2 fully saturated rings. The molecular formula is C27H29ClFN3O3. The fraction of sp³-hybridized carbons (Fsp3) is 0.333. The van der Waals surface area contributed by atoms with Gasteiger partial charge >= 0.3 is 6.09 Å². The zero-order valence-corrected chi connectivity index (χ0v) is 20.5. The zero-order chi connectivity index (χ0) is 23.7. The van der Waals surface area contributed by atoms with E-state index in [4.69, 9.17) is 14.5 Å². The average Bonchev–Trinajstić information content (AvgIpc) is 3.23. The highest BCUT2D eigenvalue weighted by Crippen LogP contribution is 2.44. The standard InChI is InChI=1S/C27H28FN3O3.ClH/c1-27(2,31-26(32)33-16-17-6-4-3-5-7-17)19-12-23(18-8-10-20(28)11-9-18)30-24(13-19)34-25-21-14-29-15-22(21)25;/h3-13,21-22,25,29H,14-16H2,1-2H3,(H,31,32);1H/t21-,22+,25?;. The highest BCUT2D eigenvalue weighted by molar-refractivity contribution is 5.85. The molecule has 2 aromatic carbocycles. The van der Waals surface area contributed by atoms with Gasteiger partial charge < -0.3 is 20.1 Å². The number of nitrogens with zero attached hydrogens (tertiary/aromatic N) is 1. The van der Waals surface area contributed by atoms with E-state index in [1.54, 1.807) is 12.1 Å². The Balaban J connectivity index is 0.00000289. The molecule has 35 heavy (non-hydrogen) atoms. The Morgan fingerprint density at radius 3 is 2.46 bits per heavy atom. The van der Waals surface area contributed by atoms with Crippen molar-refractivity contribution in [1.82, 2.24) is 15.6 Å². The summed E-state index contributed by atoms with van der Waals surface area (Å²) in [5.74, 6) is 1.22. The van der Waals surface area contributed by atoms with Gasteiger partial charge in [0.25, 0.3) is 0 Å². The second kappa shape index (κ2) is 10.2. The number of carbonyl (C=O) groups is 1. The summed E-state index contributed by atoms with van der Waals surface area (Å²) in [6.45, 7) is 5.91. The molecule has 1 aliphatic heterocycles. The summed E-state index contributed by atoms with van der Waals surface area (Å²) in [6, 6.07) is 19.5. The molecule has 1 amide bonds. The van der Waals surface area contributed by atoms with E-state index in [9.17, 15) is 9.18 Å². The summed E-state index contributed by atoms with van der Waals surface area (Å²) in [5, 5.41) is 6.32. The first-order valence-corrected chi connectivity index (χ1v) is 11.5. The Morgan fingerprint density at radius 1 is 1.09 bits per heavy atom. The molecule has 2 N–H and O–H groups in total.